The normalized spacial score (nSPS) is 10.3. The molecule has 2 aromatic carbocycles. The number of benzene rings is 2. The predicted molar refractivity (Wildman–Crippen MR) is 71.6 cm³/mol. The first kappa shape index (κ1) is 13.5. The Bertz CT molecular complexity index is 626. The van der Waals surface area contributed by atoms with E-state index in [4.69, 9.17) is 15.9 Å². The van der Waals surface area contributed by atoms with Crippen LogP contribution in [0.1, 0.15) is 5.56 Å². The molecule has 0 aromatic heterocycles. The summed E-state index contributed by atoms with van der Waals surface area (Å²) >= 11 is 3.14. The molecule has 0 bridgehead atoms. The third-order valence-corrected chi connectivity index (χ3v) is 2.75. The van der Waals surface area contributed by atoms with Gasteiger partial charge in [-0.05, 0) is 30.3 Å². The van der Waals surface area contributed by atoms with Crippen LogP contribution in [0.15, 0.2) is 40.9 Å². The molecule has 2 rings (SSSR count). The van der Waals surface area contributed by atoms with Crippen LogP contribution in [0.4, 0.5) is 8.78 Å². The molecule has 0 amide bonds. The Morgan fingerprint density at radius 2 is 1.84 bits per heavy atom. The van der Waals surface area contributed by atoms with Gasteiger partial charge in [-0.2, -0.15) is 0 Å². The van der Waals surface area contributed by atoms with Gasteiger partial charge < -0.3 is 10.5 Å². The van der Waals surface area contributed by atoms with Gasteiger partial charge in [0.2, 0.25) is 0 Å². The first-order valence-electron chi connectivity index (χ1n) is 5.23. The highest BCUT2D eigenvalue weighted by atomic mass is 79.9. The molecule has 0 aliphatic carbocycles. The van der Waals surface area contributed by atoms with Crippen LogP contribution in [0.3, 0.4) is 0 Å². The van der Waals surface area contributed by atoms with E-state index in [2.05, 4.69) is 15.9 Å². The van der Waals surface area contributed by atoms with Crippen LogP contribution < -0.4 is 10.5 Å². The lowest BCUT2D eigenvalue weighted by Crippen LogP contribution is -2.12. The van der Waals surface area contributed by atoms with Gasteiger partial charge in [0, 0.05) is 10.5 Å². The van der Waals surface area contributed by atoms with Crippen molar-refractivity contribution in [2.24, 2.45) is 5.73 Å². The van der Waals surface area contributed by atoms with Gasteiger partial charge in [-0.15, -0.1) is 0 Å². The standard InChI is InChI=1S/C13H9BrF2N2O/c14-7-3-9(16)5-10(4-7)19-12-2-1-8(15)6-11(12)13(17)18/h1-6H,(H3,17,18). The first-order valence-corrected chi connectivity index (χ1v) is 6.03. The van der Waals surface area contributed by atoms with Crippen LogP contribution in [0.25, 0.3) is 0 Å². The number of hydrogen-bond acceptors (Lipinski definition) is 2. The van der Waals surface area contributed by atoms with Crippen molar-refractivity contribution in [3.8, 4) is 11.5 Å². The summed E-state index contributed by atoms with van der Waals surface area (Å²) in [4.78, 5) is 0. The number of rotatable bonds is 3. The van der Waals surface area contributed by atoms with Crippen LogP contribution in [0, 0.1) is 17.0 Å². The van der Waals surface area contributed by atoms with Crippen LogP contribution in [-0.2, 0) is 0 Å². The topological polar surface area (TPSA) is 59.1 Å². The number of nitrogens with two attached hydrogens (primary N) is 1. The van der Waals surface area contributed by atoms with E-state index in [0.717, 1.165) is 6.07 Å². The van der Waals surface area contributed by atoms with Gasteiger partial charge in [0.25, 0.3) is 0 Å². The fraction of sp³-hybridized carbons (Fsp3) is 0. The highest BCUT2D eigenvalue weighted by Gasteiger charge is 2.10. The van der Waals surface area contributed by atoms with Crippen molar-refractivity contribution >= 4 is 21.8 Å². The number of ether oxygens (including phenoxy) is 1. The summed E-state index contributed by atoms with van der Waals surface area (Å²) in [6.07, 6.45) is 0. The molecule has 0 heterocycles. The van der Waals surface area contributed by atoms with Crippen molar-refractivity contribution in [2.75, 3.05) is 0 Å². The summed E-state index contributed by atoms with van der Waals surface area (Å²) in [6.45, 7) is 0. The molecule has 0 saturated carbocycles. The second-order valence-corrected chi connectivity index (χ2v) is 4.68. The zero-order valence-electron chi connectivity index (χ0n) is 9.58. The molecule has 2 aromatic rings. The van der Waals surface area contributed by atoms with Crippen LogP contribution >= 0.6 is 15.9 Å². The molecule has 0 fully saturated rings. The average molecular weight is 327 g/mol. The van der Waals surface area contributed by atoms with E-state index in [-0.39, 0.29) is 22.9 Å². The average Bonchev–Trinajstić information content (AvgIpc) is 2.30. The number of nitrogens with one attached hydrogen (secondary N) is 1. The van der Waals surface area contributed by atoms with Crippen molar-refractivity contribution in [3.63, 3.8) is 0 Å². The Hall–Kier alpha value is -1.95. The summed E-state index contributed by atoms with van der Waals surface area (Å²) in [5.74, 6) is -0.925. The highest BCUT2D eigenvalue weighted by Crippen LogP contribution is 2.28. The molecule has 6 heteroatoms. The van der Waals surface area contributed by atoms with Gasteiger partial charge in [-0.3, -0.25) is 5.41 Å². The fourth-order valence-corrected chi connectivity index (χ4v) is 1.96. The summed E-state index contributed by atoms with van der Waals surface area (Å²) in [5, 5.41) is 7.37. The Labute approximate surface area is 116 Å². The monoisotopic (exact) mass is 326 g/mol. The maximum Gasteiger partial charge on any atom is 0.138 e. The molecule has 19 heavy (non-hydrogen) atoms. The van der Waals surface area contributed by atoms with E-state index in [1.54, 1.807) is 6.07 Å². The van der Waals surface area contributed by atoms with E-state index < -0.39 is 11.6 Å². The minimum atomic E-state index is -0.530. The minimum absolute atomic E-state index is 0.111. The summed E-state index contributed by atoms with van der Waals surface area (Å²) in [6, 6.07) is 7.62. The quantitative estimate of drug-likeness (QED) is 0.665. The van der Waals surface area contributed by atoms with Crippen molar-refractivity contribution in [3.05, 3.63) is 58.1 Å². The van der Waals surface area contributed by atoms with E-state index in [9.17, 15) is 8.78 Å². The SMILES string of the molecule is N=C(N)c1cc(F)ccc1Oc1cc(F)cc(Br)c1. The lowest BCUT2D eigenvalue weighted by molar-refractivity contribution is 0.473. The Morgan fingerprint density at radius 3 is 2.47 bits per heavy atom. The molecule has 0 aliphatic heterocycles. The molecular weight excluding hydrogens is 318 g/mol. The Morgan fingerprint density at radius 1 is 1.11 bits per heavy atom. The Balaban J connectivity index is 2.40. The second kappa shape index (κ2) is 5.36. The molecule has 0 aliphatic rings. The van der Waals surface area contributed by atoms with E-state index >= 15 is 0 Å². The van der Waals surface area contributed by atoms with Gasteiger partial charge in [-0.25, -0.2) is 8.78 Å². The summed E-state index contributed by atoms with van der Waals surface area (Å²) in [7, 11) is 0. The van der Waals surface area contributed by atoms with Crippen molar-refractivity contribution in [1.29, 1.82) is 5.41 Å². The molecule has 0 unspecified atom stereocenters. The van der Waals surface area contributed by atoms with Gasteiger partial charge in [0.15, 0.2) is 0 Å². The molecular formula is C13H9BrF2N2O. The van der Waals surface area contributed by atoms with Gasteiger partial charge in [0.05, 0.1) is 5.56 Å². The molecule has 0 atom stereocenters. The largest absolute Gasteiger partial charge is 0.456 e. The predicted octanol–water partition coefficient (Wildman–Crippen LogP) is 3.80. The van der Waals surface area contributed by atoms with E-state index in [1.165, 1.54) is 24.3 Å². The summed E-state index contributed by atoms with van der Waals surface area (Å²) < 4.78 is 32.3. The van der Waals surface area contributed by atoms with Crippen LogP contribution in [0.5, 0.6) is 11.5 Å². The lowest BCUT2D eigenvalue weighted by Gasteiger charge is -2.10. The van der Waals surface area contributed by atoms with Crippen LogP contribution in [0.2, 0.25) is 0 Å². The smallest absolute Gasteiger partial charge is 0.138 e. The Kier molecular flexibility index (Phi) is 3.80. The highest BCUT2D eigenvalue weighted by molar-refractivity contribution is 9.10. The first-order chi connectivity index (χ1) is 8.95. The van der Waals surface area contributed by atoms with Crippen molar-refractivity contribution in [2.45, 2.75) is 0 Å². The minimum Gasteiger partial charge on any atom is -0.456 e. The number of amidine groups is 1. The molecule has 0 radical (unpaired) electrons. The molecule has 98 valence electrons. The van der Waals surface area contributed by atoms with Crippen LogP contribution in [-0.4, -0.2) is 5.84 Å². The second-order valence-electron chi connectivity index (χ2n) is 3.76. The number of halogens is 3. The molecule has 0 saturated heterocycles. The third-order valence-electron chi connectivity index (χ3n) is 2.30. The van der Waals surface area contributed by atoms with E-state index in [1.807, 2.05) is 0 Å². The third kappa shape index (κ3) is 3.29. The van der Waals surface area contributed by atoms with Crippen molar-refractivity contribution in [1.82, 2.24) is 0 Å². The summed E-state index contributed by atoms with van der Waals surface area (Å²) in [5.41, 5.74) is 5.46. The number of nitrogen functional groups attached to an aromatic ring is 1. The van der Waals surface area contributed by atoms with Gasteiger partial charge in [-0.1, -0.05) is 15.9 Å². The fourth-order valence-electron chi connectivity index (χ4n) is 1.52. The maximum atomic E-state index is 13.2. The molecule has 3 nitrogen and oxygen atoms in total. The lowest BCUT2D eigenvalue weighted by atomic mass is 10.2. The van der Waals surface area contributed by atoms with Gasteiger partial charge in [0.1, 0.15) is 29.0 Å². The van der Waals surface area contributed by atoms with Gasteiger partial charge >= 0.3 is 0 Å². The molecule has 3 N–H and O–H groups in total. The van der Waals surface area contributed by atoms with E-state index in [0.29, 0.717) is 4.47 Å². The maximum absolute atomic E-state index is 13.2. The molecule has 0 spiro atoms. The zero-order chi connectivity index (χ0) is 14.0. The zero-order valence-corrected chi connectivity index (χ0v) is 11.2. The number of hydrogen-bond donors (Lipinski definition) is 2. The van der Waals surface area contributed by atoms with Crippen molar-refractivity contribution < 1.29 is 13.5 Å².